The molecule has 1 aromatic carbocycles. The Morgan fingerprint density at radius 3 is 2.67 bits per heavy atom. The van der Waals surface area contributed by atoms with Crippen LogP contribution in [0.3, 0.4) is 0 Å². The Morgan fingerprint density at radius 1 is 1.26 bits per heavy atom. The average molecular weight is 391 g/mol. The zero-order valence-electron chi connectivity index (χ0n) is 14.1. The van der Waals surface area contributed by atoms with Gasteiger partial charge in [0.1, 0.15) is 13.3 Å². The van der Waals surface area contributed by atoms with Crippen molar-refractivity contribution in [3.63, 3.8) is 0 Å². The molecule has 2 heterocycles. The lowest BCUT2D eigenvalue weighted by Gasteiger charge is -2.42. The molecule has 0 unspecified atom stereocenters. The van der Waals surface area contributed by atoms with Crippen LogP contribution in [0, 0.1) is 5.82 Å². The molecule has 1 N–H and O–H groups in total. The van der Waals surface area contributed by atoms with Gasteiger partial charge in [-0.3, -0.25) is 9.69 Å². The molecular formula is C16H17F4N3O4. The van der Waals surface area contributed by atoms with Gasteiger partial charge in [0.25, 0.3) is 0 Å². The van der Waals surface area contributed by atoms with E-state index in [1.807, 2.05) is 0 Å². The number of rotatable bonds is 2. The minimum atomic E-state index is -4.96. The number of urea groups is 1. The van der Waals surface area contributed by atoms with Crippen molar-refractivity contribution in [1.29, 1.82) is 0 Å². The SMILES string of the molecule is O=C1COCN(C(=O)N2CC(c3ccc(OC(F)(F)F)c(F)c3)C2)CCN1. The third-order valence-corrected chi connectivity index (χ3v) is 4.26. The quantitative estimate of drug-likeness (QED) is 0.779. The summed E-state index contributed by atoms with van der Waals surface area (Å²) in [6.07, 6.45) is -4.96. The van der Waals surface area contributed by atoms with Crippen LogP contribution < -0.4 is 10.1 Å². The molecule has 27 heavy (non-hydrogen) atoms. The number of nitrogens with one attached hydrogen (secondary N) is 1. The second kappa shape index (κ2) is 7.59. The third-order valence-electron chi connectivity index (χ3n) is 4.26. The van der Waals surface area contributed by atoms with E-state index in [0.29, 0.717) is 31.7 Å². The topological polar surface area (TPSA) is 71.1 Å². The number of carbonyl (C=O) groups is 2. The summed E-state index contributed by atoms with van der Waals surface area (Å²) in [5.41, 5.74) is 0.488. The molecule has 0 bridgehead atoms. The second-order valence-electron chi connectivity index (χ2n) is 6.21. The Hall–Kier alpha value is -2.56. The van der Waals surface area contributed by atoms with Gasteiger partial charge in [-0.05, 0) is 17.7 Å². The highest BCUT2D eigenvalue weighted by atomic mass is 19.4. The summed E-state index contributed by atoms with van der Waals surface area (Å²) in [6.45, 7) is 1.09. The summed E-state index contributed by atoms with van der Waals surface area (Å²) in [5, 5.41) is 2.60. The first-order valence-electron chi connectivity index (χ1n) is 8.16. The summed E-state index contributed by atoms with van der Waals surface area (Å²) in [4.78, 5) is 26.6. The molecule has 148 valence electrons. The zero-order valence-corrected chi connectivity index (χ0v) is 14.1. The molecule has 0 aromatic heterocycles. The van der Waals surface area contributed by atoms with Gasteiger partial charge in [-0.15, -0.1) is 13.2 Å². The molecule has 0 aliphatic carbocycles. The van der Waals surface area contributed by atoms with E-state index in [-0.39, 0.29) is 31.2 Å². The van der Waals surface area contributed by atoms with Crippen LogP contribution in [-0.4, -0.2) is 67.6 Å². The highest BCUT2D eigenvalue weighted by molar-refractivity contribution is 5.78. The molecule has 11 heteroatoms. The van der Waals surface area contributed by atoms with Gasteiger partial charge in [0, 0.05) is 32.1 Å². The molecule has 0 spiro atoms. The van der Waals surface area contributed by atoms with E-state index in [0.717, 1.165) is 12.1 Å². The molecule has 0 radical (unpaired) electrons. The second-order valence-corrected chi connectivity index (χ2v) is 6.21. The number of likely N-dealkylation sites (tertiary alicyclic amines) is 1. The van der Waals surface area contributed by atoms with E-state index in [1.165, 1.54) is 15.9 Å². The Bertz CT molecular complexity index is 710. The Balaban J connectivity index is 1.55. The Morgan fingerprint density at radius 2 is 2.00 bits per heavy atom. The standard InChI is InChI=1S/C16H17F4N3O4/c17-12-5-10(1-2-13(12)27-16(18,19)20)11-6-23(7-11)15(25)22-4-3-21-14(24)8-26-9-22/h1-2,5,11H,3-4,6-9H2,(H,21,24). The minimum Gasteiger partial charge on any atom is -0.403 e. The largest absolute Gasteiger partial charge is 0.573 e. The van der Waals surface area contributed by atoms with Crippen molar-refractivity contribution >= 4 is 11.9 Å². The fourth-order valence-corrected chi connectivity index (χ4v) is 2.87. The van der Waals surface area contributed by atoms with E-state index in [2.05, 4.69) is 10.1 Å². The number of halogens is 4. The highest BCUT2D eigenvalue weighted by Crippen LogP contribution is 2.32. The van der Waals surface area contributed by atoms with Crippen molar-refractivity contribution < 1.29 is 36.6 Å². The van der Waals surface area contributed by atoms with Crippen LogP contribution in [0.5, 0.6) is 5.75 Å². The van der Waals surface area contributed by atoms with Crippen LogP contribution in [0.2, 0.25) is 0 Å². The van der Waals surface area contributed by atoms with Crippen molar-refractivity contribution in [3.8, 4) is 5.75 Å². The number of alkyl halides is 3. The van der Waals surface area contributed by atoms with Crippen molar-refractivity contribution in [2.24, 2.45) is 0 Å². The molecule has 2 fully saturated rings. The number of ether oxygens (including phenoxy) is 2. The fourth-order valence-electron chi connectivity index (χ4n) is 2.87. The van der Waals surface area contributed by atoms with Gasteiger partial charge in [0.05, 0.1) is 0 Å². The fraction of sp³-hybridized carbons (Fsp3) is 0.500. The van der Waals surface area contributed by atoms with Crippen molar-refractivity contribution in [2.45, 2.75) is 12.3 Å². The van der Waals surface area contributed by atoms with Gasteiger partial charge in [0.15, 0.2) is 11.6 Å². The van der Waals surface area contributed by atoms with Crippen LogP contribution in [0.15, 0.2) is 18.2 Å². The predicted molar refractivity (Wildman–Crippen MR) is 83.3 cm³/mol. The van der Waals surface area contributed by atoms with Gasteiger partial charge in [-0.2, -0.15) is 0 Å². The third kappa shape index (κ3) is 4.79. The van der Waals surface area contributed by atoms with Crippen LogP contribution >= 0.6 is 0 Å². The van der Waals surface area contributed by atoms with Gasteiger partial charge in [0.2, 0.25) is 5.91 Å². The number of benzene rings is 1. The summed E-state index contributed by atoms with van der Waals surface area (Å²) < 4.78 is 59.1. The lowest BCUT2D eigenvalue weighted by Crippen LogP contribution is -2.56. The van der Waals surface area contributed by atoms with Crippen LogP contribution in [0.4, 0.5) is 22.4 Å². The predicted octanol–water partition coefficient (Wildman–Crippen LogP) is 1.65. The number of hydrogen-bond acceptors (Lipinski definition) is 4. The smallest absolute Gasteiger partial charge is 0.403 e. The highest BCUT2D eigenvalue weighted by Gasteiger charge is 2.36. The lowest BCUT2D eigenvalue weighted by molar-refractivity contribution is -0.275. The molecule has 1 aromatic rings. The molecule has 7 nitrogen and oxygen atoms in total. The van der Waals surface area contributed by atoms with E-state index < -0.39 is 17.9 Å². The van der Waals surface area contributed by atoms with Crippen molar-refractivity contribution in [3.05, 3.63) is 29.6 Å². The monoisotopic (exact) mass is 391 g/mol. The summed E-state index contributed by atoms with van der Waals surface area (Å²) in [6, 6.07) is 2.99. The minimum absolute atomic E-state index is 0.00841. The molecule has 3 amide bonds. The van der Waals surface area contributed by atoms with Gasteiger partial charge in [-0.1, -0.05) is 6.07 Å². The Labute approximate surface area is 151 Å². The van der Waals surface area contributed by atoms with Gasteiger partial charge < -0.3 is 19.7 Å². The number of carbonyl (C=O) groups excluding carboxylic acids is 2. The Kier molecular flexibility index (Phi) is 5.40. The number of nitrogens with zero attached hydrogens (tertiary/aromatic N) is 2. The first kappa shape index (κ1) is 19.2. The molecule has 2 saturated heterocycles. The molecular weight excluding hydrogens is 374 g/mol. The number of amides is 3. The van der Waals surface area contributed by atoms with Gasteiger partial charge in [-0.25, -0.2) is 9.18 Å². The van der Waals surface area contributed by atoms with Gasteiger partial charge >= 0.3 is 12.4 Å². The molecule has 2 aliphatic heterocycles. The molecule has 3 rings (SSSR count). The van der Waals surface area contributed by atoms with Crippen molar-refractivity contribution in [2.75, 3.05) is 39.5 Å². The maximum Gasteiger partial charge on any atom is 0.573 e. The molecule has 0 saturated carbocycles. The average Bonchev–Trinajstić information content (AvgIpc) is 2.50. The molecule has 2 aliphatic rings. The first-order valence-corrected chi connectivity index (χ1v) is 8.16. The normalized spacial score (nSPS) is 19.0. The van der Waals surface area contributed by atoms with Crippen LogP contribution in [0.1, 0.15) is 11.5 Å². The lowest BCUT2D eigenvalue weighted by atomic mass is 9.91. The first-order chi connectivity index (χ1) is 12.7. The zero-order chi connectivity index (χ0) is 19.6. The van der Waals surface area contributed by atoms with E-state index in [4.69, 9.17) is 4.74 Å². The summed E-state index contributed by atoms with van der Waals surface area (Å²) >= 11 is 0. The van der Waals surface area contributed by atoms with E-state index in [9.17, 15) is 27.2 Å². The van der Waals surface area contributed by atoms with Crippen molar-refractivity contribution in [1.82, 2.24) is 15.1 Å². The van der Waals surface area contributed by atoms with E-state index in [1.54, 1.807) is 0 Å². The number of hydrogen-bond donors (Lipinski definition) is 1. The maximum atomic E-state index is 13.8. The summed E-state index contributed by atoms with van der Waals surface area (Å²) in [5.74, 6) is -2.43. The van der Waals surface area contributed by atoms with E-state index >= 15 is 0 Å². The summed E-state index contributed by atoms with van der Waals surface area (Å²) in [7, 11) is 0. The maximum absolute atomic E-state index is 13.8. The van der Waals surface area contributed by atoms with Crippen LogP contribution in [-0.2, 0) is 9.53 Å². The molecule has 0 atom stereocenters. The van der Waals surface area contributed by atoms with Crippen LogP contribution in [0.25, 0.3) is 0 Å².